The molecule has 1 rings (SSSR count). The monoisotopic (exact) mass is 1020 g/mol. The number of carbonyl (C=O) groups excluding carboxylic acids is 9. The third-order valence-electron chi connectivity index (χ3n) is 8.16. The summed E-state index contributed by atoms with van der Waals surface area (Å²) < 4.78 is 16.6. The van der Waals surface area contributed by atoms with Crippen molar-refractivity contribution in [3.8, 4) is 0 Å². The van der Waals surface area contributed by atoms with Gasteiger partial charge in [0.15, 0.2) is 0 Å². The van der Waals surface area contributed by atoms with Gasteiger partial charge >= 0.3 is 236 Å². The van der Waals surface area contributed by atoms with Crippen LogP contribution >= 0.6 is 7.75 Å². The van der Waals surface area contributed by atoms with Crippen molar-refractivity contribution < 1.29 is 329 Å². The Morgan fingerprint density at radius 1 is 0.446 bits per heavy atom. The van der Waals surface area contributed by atoms with Crippen molar-refractivity contribution in [2.24, 2.45) is 0 Å². The molecule has 0 aliphatic carbocycles. The summed E-state index contributed by atoms with van der Waals surface area (Å²) >= 11 is 0. The van der Waals surface area contributed by atoms with Gasteiger partial charge in [-0.2, -0.15) is 0 Å². The first-order valence-corrected chi connectivity index (χ1v) is 18.7. The summed E-state index contributed by atoms with van der Waals surface area (Å²) in [4.78, 5) is 122. The molecule has 1 heterocycles. The van der Waals surface area contributed by atoms with E-state index < -0.39 is 144 Å². The summed E-state index contributed by atoms with van der Waals surface area (Å²) in [5.74, 6) is -13.8. The van der Waals surface area contributed by atoms with Crippen LogP contribution in [0.4, 0.5) is 0 Å². The van der Waals surface area contributed by atoms with E-state index in [1.54, 1.807) is 0 Å². The number of rotatable bonds is 25. The van der Waals surface area contributed by atoms with Gasteiger partial charge in [0.2, 0.25) is 19.6 Å². The molecule has 0 saturated carbocycles. The van der Waals surface area contributed by atoms with Crippen molar-refractivity contribution in [3.05, 3.63) is 0 Å². The fourth-order valence-electron chi connectivity index (χ4n) is 5.26. The first-order valence-electron chi connectivity index (χ1n) is 17.2. The standard InChI is InChI=1S/C30H50N7O19P.8Na/c38-22(31-20(29(50)51)5-14-56-57(54,55)33-21(30(52)53)2-4-24(40)41)3-1-19(28(48)49)32-23(39)15-34-6-8-35(16-25(42)43)10-12-37(18-27(46)47)13-11-36(9-7-34)17-26(44)45;;;;;;;;/h19-21H,1-18H2,(H,31,38)(H,32,39)(H,40,41)(H,42,43)(H,44,45)(H,46,47)(H,48,49)(H,50,51)(H,52,53)(H2,33,54,55);;;;;;;;/q;8*+1/p-8/t19-,20?,21-;;;;;;;;/m0......../s1. The average molecular weight is 1020 g/mol. The van der Waals surface area contributed by atoms with E-state index >= 15 is 0 Å². The van der Waals surface area contributed by atoms with Gasteiger partial charge in [-0.05, 0) is 25.7 Å². The fourth-order valence-corrected chi connectivity index (χ4v) is 6.29. The topological polar surface area (TPSA) is 413 Å². The van der Waals surface area contributed by atoms with E-state index in [1.165, 1.54) is 24.7 Å². The van der Waals surface area contributed by atoms with E-state index in [4.69, 9.17) is 0 Å². The Balaban J connectivity index is -0.000000677. The predicted octanol–water partition coefficient (Wildman–Crippen LogP) is -38.1. The number of carbonyl (C=O) groups is 9. The molecule has 1 aliphatic rings. The van der Waals surface area contributed by atoms with Gasteiger partial charge in [-0.15, -0.1) is 0 Å². The van der Waals surface area contributed by atoms with Crippen LogP contribution in [0.2, 0.25) is 0 Å². The number of hydrogen-bond donors (Lipinski definition) is 3. The van der Waals surface area contributed by atoms with Crippen molar-refractivity contribution >= 4 is 61.3 Å². The number of amides is 2. The second kappa shape index (κ2) is 46.9. The maximum Gasteiger partial charge on any atom is 1.00 e. The zero-order chi connectivity index (χ0) is 43.3. The molecule has 324 valence electrons. The normalized spacial score (nSPS) is 15.8. The maximum atomic E-state index is 13.0. The van der Waals surface area contributed by atoms with Gasteiger partial charge in [-0.1, -0.05) is 0 Å². The van der Waals surface area contributed by atoms with E-state index in [2.05, 4.69) is 9.84 Å². The fraction of sp³-hybridized carbons (Fsp3) is 0.700. The number of carboxylic acid groups (broad SMARTS) is 7. The van der Waals surface area contributed by atoms with Crippen molar-refractivity contribution in [3.63, 3.8) is 0 Å². The van der Waals surface area contributed by atoms with Gasteiger partial charge in [0.05, 0.1) is 67.1 Å². The van der Waals surface area contributed by atoms with Gasteiger partial charge in [0.25, 0.3) is 0 Å². The van der Waals surface area contributed by atoms with Crippen LogP contribution in [0, 0.1) is 0 Å². The second-order valence-corrected chi connectivity index (χ2v) is 14.2. The molecule has 0 bridgehead atoms. The van der Waals surface area contributed by atoms with E-state index in [0.29, 0.717) is 0 Å². The second-order valence-electron chi connectivity index (χ2n) is 12.7. The zero-order valence-electron chi connectivity index (χ0n) is 38.5. The average Bonchev–Trinajstić information content (AvgIpc) is 3.07. The molecule has 3 N–H and O–H groups in total. The maximum absolute atomic E-state index is 13.0. The minimum Gasteiger partial charge on any atom is -0.766 e. The molecule has 0 aromatic carbocycles. The summed E-state index contributed by atoms with van der Waals surface area (Å²) in [5, 5.41) is 84.6. The van der Waals surface area contributed by atoms with Gasteiger partial charge in [0, 0.05) is 84.4 Å². The number of carboxylic acids is 7. The zero-order valence-corrected chi connectivity index (χ0v) is 55.3. The molecule has 2 unspecified atom stereocenters. The molecule has 1 aliphatic heterocycles. The number of nitrogens with one attached hydrogen (secondary N) is 3. The van der Waals surface area contributed by atoms with Crippen molar-refractivity contribution in [1.82, 2.24) is 35.3 Å². The molecular weight excluding hydrogens is 977 g/mol. The van der Waals surface area contributed by atoms with Crippen LogP contribution in [0.3, 0.4) is 0 Å². The minimum atomic E-state index is -5.24. The van der Waals surface area contributed by atoms with Gasteiger partial charge < -0.3 is 89.4 Å². The molecule has 2 amide bonds. The number of aliphatic carboxylic acids is 7. The summed E-state index contributed by atoms with van der Waals surface area (Å²) in [6, 6.07) is -5.76. The van der Waals surface area contributed by atoms with E-state index in [0.717, 1.165) is 0 Å². The third kappa shape index (κ3) is 43.3. The molecule has 65 heavy (non-hydrogen) atoms. The van der Waals surface area contributed by atoms with Crippen LogP contribution < -0.4 is 293 Å². The first kappa shape index (κ1) is 85.0. The summed E-state index contributed by atoms with van der Waals surface area (Å²) in [6.45, 7) is -3.05. The van der Waals surface area contributed by atoms with Gasteiger partial charge in [0.1, 0.15) is 0 Å². The molecular formula is C30H42N7Na8O19P. The quantitative estimate of drug-likeness (QED) is 0.0564. The Bertz CT molecular complexity index is 1490. The van der Waals surface area contributed by atoms with Gasteiger partial charge in [-0.3, -0.25) is 33.8 Å². The van der Waals surface area contributed by atoms with Crippen LogP contribution in [-0.4, -0.2) is 176 Å². The van der Waals surface area contributed by atoms with Crippen molar-refractivity contribution in [2.45, 2.75) is 50.2 Å². The van der Waals surface area contributed by atoms with Gasteiger partial charge in [-0.25, -0.2) is 5.09 Å². The molecule has 26 nitrogen and oxygen atoms in total. The Labute approximate surface area is 552 Å². The van der Waals surface area contributed by atoms with Crippen LogP contribution in [0.15, 0.2) is 0 Å². The SMILES string of the molecule is O=C([O-])CC[C@H](NP(=O)([O-])OCCC(NC(=O)CC[C@H](NC(=O)CN1CCN(CC(=O)[O-])CCN(CC(=O)[O-])CCN(CC(=O)[O-])CC1)C(=O)[O-])C(=O)[O-])C(=O)[O-].[Na+].[Na+].[Na+].[Na+].[Na+].[Na+].[Na+].[Na+]. The Morgan fingerprint density at radius 3 is 1.08 bits per heavy atom. The molecule has 0 aromatic heterocycles. The largest absolute Gasteiger partial charge is 1.00 e. The molecule has 1 fully saturated rings. The number of hydrogen-bond acceptors (Lipinski definition) is 23. The molecule has 1 saturated heterocycles. The Kier molecular flexibility index (Phi) is 61.3. The molecule has 35 heteroatoms. The van der Waals surface area contributed by atoms with E-state index in [9.17, 15) is 88.4 Å². The van der Waals surface area contributed by atoms with Crippen molar-refractivity contribution in [2.75, 3.05) is 85.1 Å². The molecule has 4 atom stereocenters. The third-order valence-corrected chi connectivity index (χ3v) is 9.31. The summed E-state index contributed by atoms with van der Waals surface area (Å²) in [7, 11) is -5.24. The summed E-state index contributed by atoms with van der Waals surface area (Å²) in [6.07, 6.45) is -3.77. The van der Waals surface area contributed by atoms with Crippen LogP contribution in [0.1, 0.15) is 32.1 Å². The van der Waals surface area contributed by atoms with Crippen LogP contribution in [-0.2, 0) is 52.2 Å². The predicted molar refractivity (Wildman–Crippen MR) is 168 cm³/mol. The van der Waals surface area contributed by atoms with Crippen LogP contribution in [0.25, 0.3) is 0 Å². The minimum absolute atomic E-state index is 0. The van der Waals surface area contributed by atoms with Crippen molar-refractivity contribution in [1.29, 1.82) is 0 Å². The van der Waals surface area contributed by atoms with E-state index in [-0.39, 0.29) is 289 Å². The molecule has 0 spiro atoms. The Morgan fingerprint density at radius 2 is 0.754 bits per heavy atom. The molecule has 0 aromatic rings. The molecule has 0 radical (unpaired) electrons. The van der Waals surface area contributed by atoms with E-state index in [1.807, 2.05) is 5.32 Å². The Hall–Kier alpha value is 3.18. The first-order chi connectivity index (χ1) is 26.6. The summed E-state index contributed by atoms with van der Waals surface area (Å²) in [5.41, 5.74) is 0. The smallest absolute Gasteiger partial charge is 0.766 e. The number of nitrogens with zero attached hydrogens (tertiary/aromatic N) is 4. The van der Waals surface area contributed by atoms with Crippen LogP contribution in [0.5, 0.6) is 0 Å².